The lowest BCUT2D eigenvalue weighted by Gasteiger charge is -2.09. The van der Waals surface area contributed by atoms with E-state index in [-0.39, 0.29) is 0 Å². The Bertz CT molecular complexity index is 378. The lowest BCUT2D eigenvalue weighted by Crippen LogP contribution is -2.21. The van der Waals surface area contributed by atoms with Gasteiger partial charge in [-0.1, -0.05) is 5.92 Å². The van der Waals surface area contributed by atoms with Crippen molar-refractivity contribution in [1.29, 1.82) is 0 Å². The van der Waals surface area contributed by atoms with E-state index in [1.807, 2.05) is 0 Å². The van der Waals surface area contributed by atoms with E-state index in [1.165, 1.54) is 12.1 Å². The summed E-state index contributed by atoms with van der Waals surface area (Å²) in [5, 5.41) is 2.90. The zero-order valence-electron chi connectivity index (χ0n) is 9.05. The van der Waals surface area contributed by atoms with Gasteiger partial charge in [0.15, 0.2) is 0 Å². The second-order valence-corrected chi connectivity index (χ2v) is 3.25. The molecule has 0 amide bonds. The second-order valence-electron chi connectivity index (χ2n) is 3.25. The summed E-state index contributed by atoms with van der Waals surface area (Å²) in [5.74, 6) is 2.80. The molecule has 0 aliphatic carbocycles. The van der Waals surface area contributed by atoms with Crippen LogP contribution < -0.4 is 10.1 Å². The van der Waals surface area contributed by atoms with Crippen molar-refractivity contribution in [3.8, 4) is 18.1 Å². The van der Waals surface area contributed by atoms with Gasteiger partial charge in [-0.25, -0.2) is 0 Å². The fraction of sp³-hybridized carbons (Fsp3) is 0.333. The zero-order chi connectivity index (χ0) is 12.7. The van der Waals surface area contributed by atoms with E-state index >= 15 is 0 Å². The number of hydrogen-bond acceptors (Lipinski definition) is 2. The molecule has 0 saturated carbocycles. The summed E-state index contributed by atoms with van der Waals surface area (Å²) in [6, 6.07) is 4.57. The van der Waals surface area contributed by atoms with Crippen molar-refractivity contribution < 1.29 is 17.9 Å². The van der Waals surface area contributed by atoms with Crippen LogP contribution in [0.2, 0.25) is 0 Å². The number of ether oxygens (including phenoxy) is 1. The van der Waals surface area contributed by atoms with Crippen molar-refractivity contribution in [1.82, 2.24) is 5.32 Å². The highest BCUT2D eigenvalue weighted by Crippen LogP contribution is 2.30. The first kappa shape index (κ1) is 13.4. The van der Waals surface area contributed by atoms with E-state index in [9.17, 15) is 13.2 Å². The minimum absolute atomic E-state index is 0.354. The highest BCUT2D eigenvalue weighted by molar-refractivity contribution is 5.28. The number of terminal acetylenes is 1. The minimum Gasteiger partial charge on any atom is -0.492 e. The molecule has 5 heteroatoms. The van der Waals surface area contributed by atoms with E-state index in [2.05, 4.69) is 11.2 Å². The molecule has 0 aliphatic rings. The first-order valence-electron chi connectivity index (χ1n) is 4.98. The molecule has 1 aromatic rings. The maximum atomic E-state index is 12.2. The molecule has 1 rings (SSSR count). The van der Waals surface area contributed by atoms with Gasteiger partial charge < -0.3 is 10.1 Å². The Morgan fingerprint density at radius 2 is 1.88 bits per heavy atom. The molecule has 0 aliphatic heterocycles. The van der Waals surface area contributed by atoms with Gasteiger partial charge in [0.2, 0.25) is 0 Å². The van der Waals surface area contributed by atoms with Gasteiger partial charge in [-0.05, 0) is 24.3 Å². The van der Waals surface area contributed by atoms with Crippen LogP contribution in [-0.2, 0) is 6.18 Å². The van der Waals surface area contributed by atoms with Crippen molar-refractivity contribution in [2.75, 3.05) is 19.7 Å². The molecule has 2 nitrogen and oxygen atoms in total. The lowest BCUT2D eigenvalue weighted by atomic mass is 10.2. The summed E-state index contributed by atoms with van der Waals surface area (Å²) in [5.41, 5.74) is -0.685. The molecule has 17 heavy (non-hydrogen) atoms. The van der Waals surface area contributed by atoms with Crippen LogP contribution in [0.15, 0.2) is 24.3 Å². The topological polar surface area (TPSA) is 21.3 Å². The molecule has 1 aromatic carbocycles. The number of rotatable bonds is 5. The minimum atomic E-state index is -4.31. The smallest absolute Gasteiger partial charge is 0.416 e. The Morgan fingerprint density at radius 3 is 2.41 bits per heavy atom. The van der Waals surface area contributed by atoms with Gasteiger partial charge in [0.1, 0.15) is 12.4 Å². The van der Waals surface area contributed by atoms with E-state index in [0.29, 0.717) is 25.4 Å². The molecule has 0 saturated heterocycles. The van der Waals surface area contributed by atoms with Crippen LogP contribution in [0.5, 0.6) is 5.75 Å². The summed E-state index contributed by atoms with van der Waals surface area (Å²) in [7, 11) is 0. The number of alkyl halides is 3. The van der Waals surface area contributed by atoms with Gasteiger partial charge in [0, 0.05) is 6.54 Å². The van der Waals surface area contributed by atoms with Crippen LogP contribution in [0, 0.1) is 12.3 Å². The molecule has 0 spiro atoms. The third kappa shape index (κ3) is 4.79. The average Bonchev–Trinajstić information content (AvgIpc) is 2.28. The number of hydrogen-bond donors (Lipinski definition) is 1. The highest BCUT2D eigenvalue weighted by Gasteiger charge is 2.29. The van der Waals surface area contributed by atoms with Gasteiger partial charge in [0.25, 0.3) is 0 Å². The molecule has 1 N–H and O–H groups in total. The predicted octanol–water partition coefficient (Wildman–Crippen LogP) is 2.31. The zero-order valence-corrected chi connectivity index (χ0v) is 9.05. The standard InChI is InChI=1S/C12H12F3NO/c1-2-7-16-8-9-17-11-5-3-10(4-6-11)12(13,14)15/h1,3-6,16H,7-9H2. The molecule has 0 aromatic heterocycles. The maximum absolute atomic E-state index is 12.2. The molecule has 0 bridgehead atoms. The van der Waals surface area contributed by atoms with Gasteiger partial charge in [-0.15, -0.1) is 6.42 Å². The molecule has 0 atom stereocenters. The molecular formula is C12H12F3NO. The molecular weight excluding hydrogens is 231 g/mol. The van der Waals surface area contributed by atoms with Crippen molar-refractivity contribution in [2.45, 2.75) is 6.18 Å². The van der Waals surface area contributed by atoms with Crippen LogP contribution in [0.25, 0.3) is 0 Å². The summed E-state index contributed by atoms with van der Waals surface area (Å²) in [4.78, 5) is 0. The summed E-state index contributed by atoms with van der Waals surface area (Å²) >= 11 is 0. The van der Waals surface area contributed by atoms with E-state index in [0.717, 1.165) is 12.1 Å². The highest BCUT2D eigenvalue weighted by atomic mass is 19.4. The van der Waals surface area contributed by atoms with Gasteiger partial charge in [-0.3, -0.25) is 0 Å². The third-order valence-corrected chi connectivity index (χ3v) is 1.96. The first-order chi connectivity index (χ1) is 8.04. The van der Waals surface area contributed by atoms with Crippen molar-refractivity contribution >= 4 is 0 Å². The third-order valence-electron chi connectivity index (χ3n) is 1.96. The molecule has 0 fully saturated rings. The van der Waals surface area contributed by atoms with E-state index in [4.69, 9.17) is 11.2 Å². The molecule has 0 unspecified atom stereocenters. The van der Waals surface area contributed by atoms with Crippen LogP contribution in [-0.4, -0.2) is 19.7 Å². The van der Waals surface area contributed by atoms with Crippen LogP contribution >= 0.6 is 0 Å². The monoisotopic (exact) mass is 243 g/mol. The normalized spacial score (nSPS) is 10.9. The molecule has 0 heterocycles. The van der Waals surface area contributed by atoms with Crippen molar-refractivity contribution in [2.24, 2.45) is 0 Å². The van der Waals surface area contributed by atoms with Crippen LogP contribution in [0.1, 0.15) is 5.56 Å². The van der Waals surface area contributed by atoms with Crippen molar-refractivity contribution in [3.05, 3.63) is 29.8 Å². The maximum Gasteiger partial charge on any atom is 0.416 e. The average molecular weight is 243 g/mol. The quantitative estimate of drug-likeness (QED) is 0.633. The van der Waals surface area contributed by atoms with E-state index in [1.54, 1.807) is 0 Å². The van der Waals surface area contributed by atoms with Gasteiger partial charge in [-0.2, -0.15) is 13.2 Å². The fourth-order valence-corrected chi connectivity index (χ4v) is 1.14. The number of benzene rings is 1. The Balaban J connectivity index is 2.39. The second kappa shape index (κ2) is 6.16. The molecule has 92 valence electrons. The summed E-state index contributed by atoms with van der Waals surface area (Å²) < 4.78 is 41.9. The molecule has 0 radical (unpaired) electrons. The van der Waals surface area contributed by atoms with Gasteiger partial charge in [0.05, 0.1) is 12.1 Å². The Hall–Kier alpha value is -1.67. The van der Waals surface area contributed by atoms with E-state index < -0.39 is 11.7 Å². The Morgan fingerprint density at radius 1 is 1.24 bits per heavy atom. The Kier molecular flexibility index (Phi) is 4.85. The number of halogens is 3. The van der Waals surface area contributed by atoms with Gasteiger partial charge >= 0.3 is 6.18 Å². The largest absolute Gasteiger partial charge is 0.492 e. The summed E-state index contributed by atoms with van der Waals surface area (Å²) in [6.07, 6.45) is 0.707. The lowest BCUT2D eigenvalue weighted by molar-refractivity contribution is -0.137. The number of nitrogens with one attached hydrogen (secondary N) is 1. The van der Waals surface area contributed by atoms with Crippen LogP contribution in [0.4, 0.5) is 13.2 Å². The van der Waals surface area contributed by atoms with Crippen LogP contribution in [0.3, 0.4) is 0 Å². The predicted molar refractivity (Wildman–Crippen MR) is 58.6 cm³/mol. The Labute approximate surface area is 97.8 Å². The fourth-order valence-electron chi connectivity index (χ4n) is 1.14. The summed E-state index contributed by atoms with van der Waals surface area (Å²) in [6.45, 7) is 1.34. The first-order valence-corrected chi connectivity index (χ1v) is 4.98. The SMILES string of the molecule is C#CCNCCOc1ccc(C(F)(F)F)cc1. The van der Waals surface area contributed by atoms with Crippen molar-refractivity contribution in [3.63, 3.8) is 0 Å².